The minimum Gasteiger partial charge on any atom is -0.490 e. The van der Waals surface area contributed by atoms with E-state index < -0.39 is 10.0 Å². The summed E-state index contributed by atoms with van der Waals surface area (Å²) >= 11 is 0. The number of benzene rings is 1. The second-order valence-electron chi connectivity index (χ2n) is 5.69. The molecule has 148 valence electrons. The van der Waals surface area contributed by atoms with Crippen molar-refractivity contribution < 1.29 is 22.7 Å². The first-order valence-corrected chi connectivity index (χ1v) is 9.78. The van der Waals surface area contributed by atoms with Gasteiger partial charge in [0.2, 0.25) is 15.9 Å². The number of halogens is 1. The molecule has 1 aliphatic rings. The highest BCUT2D eigenvalue weighted by Crippen LogP contribution is 2.30. The van der Waals surface area contributed by atoms with Crippen LogP contribution in [0, 0.1) is 0 Å². The van der Waals surface area contributed by atoms with Gasteiger partial charge in [-0.15, -0.1) is 12.4 Å². The van der Waals surface area contributed by atoms with Crippen molar-refractivity contribution in [1.82, 2.24) is 9.62 Å². The Labute approximate surface area is 160 Å². The van der Waals surface area contributed by atoms with Crippen molar-refractivity contribution in [3.05, 3.63) is 18.2 Å². The maximum Gasteiger partial charge on any atom is 0.241 e. The number of nitrogens with one attached hydrogen (secondary N) is 1. The Morgan fingerprint density at radius 2 is 1.92 bits per heavy atom. The number of nitrogens with two attached hydrogens (primary N) is 1. The van der Waals surface area contributed by atoms with Crippen molar-refractivity contribution in [2.45, 2.75) is 31.2 Å². The molecule has 2 rings (SSSR count). The minimum atomic E-state index is -3.84. The Bertz CT molecular complexity index is 714. The number of likely N-dealkylation sites (tertiary alicyclic amines) is 1. The molecule has 0 aromatic heterocycles. The Balaban J connectivity index is 0.00000338. The zero-order chi connectivity index (χ0) is 18.4. The van der Waals surface area contributed by atoms with Crippen LogP contribution in [0.4, 0.5) is 0 Å². The normalized spacial score (nSPS) is 16.9. The summed E-state index contributed by atoms with van der Waals surface area (Å²) in [5.74, 6) is 0.544. The van der Waals surface area contributed by atoms with Gasteiger partial charge in [0, 0.05) is 25.2 Å². The number of hydrogen-bond acceptors (Lipinski definition) is 6. The van der Waals surface area contributed by atoms with Crippen LogP contribution in [0.2, 0.25) is 0 Å². The van der Waals surface area contributed by atoms with E-state index in [1.165, 1.54) is 12.1 Å². The molecule has 3 N–H and O–H groups in total. The van der Waals surface area contributed by atoms with Crippen LogP contribution in [0.25, 0.3) is 0 Å². The second-order valence-corrected chi connectivity index (χ2v) is 7.45. The number of sulfonamides is 1. The van der Waals surface area contributed by atoms with Crippen molar-refractivity contribution in [3.63, 3.8) is 0 Å². The van der Waals surface area contributed by atoms with Crippen LogP contribution in [0.15, 0.2) is 23.1 Å². The number of nitrogens with zero attached hydrogens (tertiary/aromatic N) is 1. The highest BCUT2D eigenvalue weighted by molar-refractivity contribution is 7.89. The summed E-state index contributed by atoms with van der Waals surface area (Å²) in [5.41, 5.74) is 5.76. The predicted octanol–water partition coefficient (Wildman–Crippen LogP) is 0.744. The molecule has 1 heterocycles. The Morgan fingerprint density at radius 1 is 1.27 bits per heavy atom. The van der Waals surface area contributed by atoms with Crippen molar-refractivity contribution in [2.24, 2.45) is 5.73 Å². The highest BCUT2D eigenvalue weighted by atomic mass is 35.5. The van der Waals surface area contributed by atoms with Crippen LogP contribution >= 0.6 is 12.4 Å². The molecule has 0 spiro atoms. The molecule has 1 aliphatic heterocycles. The Hall–Kier alpha value is -1.55. The molecule has 26 heavy (non-hydrogen) atoms. The first-order valence-electron chi connectivity index (χ1n) is 8.30. The van der Waals surface area contributed by atoms with E-state index in [1.807, 2.05) is 6.92 Å². The van der Waals surface area contributed by atoms with Crippen LogP contribution in [-0.2, 0) is 14.8 Å². The van der Waals surface area contributed by atoms with Crippen LogP contribution in [0.3, 0.4) is 0 Å². The van der Waals surface area contributed by atoms with Gasteiger partial charge in [0.1, 0.15) is 0 Å². The van der Waals surface area contributed by atoms with Gasteiger partial charge in [0.25, 0.3) is 0 Å². The van der Waals surface area contributed by atoms with Crippen molar-refractivity contribution in [3.8, 4) is 11.5 Å². The van der Waals surface area contributed by atoms with Gasteiger partial charge in [-0.1, -0.05) is 0 Å². The fourth-order valence-electron chi connectivity index (χ4n) is 2.56. The average molecular weight is 408 g/mol. The summed E-state index contributed by atoms with van der Waals surface area (Å²) in [5, 5.41) is 0. The van der Waals surface area contributed by atoms with Gasteiger partial charge in [-0.3, -0.25) is 4.79 Å². The SMILES string of the molecule is CCOc1ccc(S(=O)(=O)NCC(=O)N2CC[C@@H](N)C2)cc1OCC.Cl. The standard InChI is InChI=1S/C16H25N3O5S.ClH/c1-3-23-14-6-5-13(9-15(14)24-4-2)25(21,22)18-10-16(20)19-8-7-12(17)11-19;/h5-6,9,12,18H,3-4,7-8,10-11,17H2,1-2H3;1H/t12-;/m1./s1. The van der Waals surface area contributed by atoms with Crippen LogP contribution in [-0.4, -0.2) is 58.1 Å². The fraction of sp³-hybridized carbons (Fsp3) is 0.562. The molecule has 1 fully saturated rings. The zero-order valence-electron chi connectivity index (χ0n) is 14.9. The number of ether oxygens (including phenoxy) is 2. The smallest absolute Gasteiger partial charge is 0.241 e. The summed E-state index contributed by atoms with van der Waals surface area (Å²) in [6.07, 6.45) is 0.731. The van der Waals surface area contributed by atoms with E-state index >= 15 is 0 Å². The van der Waals surface area contributed by atoms with Crippen molar-refractivity contribution >= 4 is 28.3 Å². The summed E-state index contributed by atoms with van der Waals surface area (Å²) in [7, 11) is -3.84. The average Bonchev–Trinajstić information content (AvgIpc) is 3.01. The number of carbonyl (C=O) groups is 1. The number of carbonyl (C=O) groups excluding carboxylic acids is 1. The van der Waals surface area contributed by atoms with Crippen LogP contribution < -0.4 is 19.9 Å². The summed E-state index contributed by atoms with van der Waals surface area (Å²) < 4.78 is 38.1. The molecule has 0 saturated carbocycles. The zero-order valence-corrected chi connectivity index (χ0v) is 16.6. The molecule has 1 atom stereocenters. The van der Waals surface area contributed by atoms with E-state index in [0.29, 0.717) is 37.8 Å². The van der Waals surface area contributed by atoms with Crippen molar-refractivity contribution in [2.75, 3.05) is 32.8 Å². The number of amides is 1. The molecule has 0 radical (unpaired) electrons. The lowest BCUT2D eigenvalue weighted by molar-refractivity contribution is -0.128. The molecule has 1 aromatic carbocycles. The molecule has 1 amide bonds. The Kier molecular flexibility index (Phi) is 8.61. The summed E-state index contributed by atoms with van der Waals surface area (Å²) in [6, 6.07) is 4.32. The predicted molar refractivity (Wildman–Crippen MR) is 100 cm³/mol. The highest BCUT2D eigenvalue weighted by Gasteiger charge is 2.25. The molecule has 8 nitrogen and oxygen atoms in total. The molecule has 0 unspecified atom stereocenters. The topological polar surface area (TPSA) is 111 Å². The van der Waals surface area contributed by atoms with E-state index in [1.54, 1.807) is 17.9 Å². The molecule has 1 aromatic rings. The lowest BCUT2D eigenvalue weighted by atomic mass is 10.3. The van der Waals surface area contributed by atoms with Crippen LogP contribution in [0.1, 0.15) is 20.3 Å². The van der Waals surface area contributed by atoms with Gasteiger partial charge >= 0.3 is 0 Å². The van der Waals surface area contributed by atoms with Gasteiger partial charge < -0.3 is 20.1 Å². The van der Waals surface area contributed by atoms with E-state index in [0.717, 1.165) is 6.42 Å². The maximum atomic E-state index is 12.4. The molecular weight excluding hydrogens is 382 g/mol. The molecule has 1 saturated heterocycles. The quantitative estimate of drug-likeness (QED) is 0.657. The molecular formula is C16H26ClN3O5S. The van der Waals surface area contributed by atoms with Crippen LogP contribution in [0.5, 0.6) is 11.5 Å². The maximum absolute atomic E-state index is 12.4. The van der Waals surface area contributed by atoms with E-state index in [-0.39, 0.29) is 35.8 Å². The molecule has 0 bridgehead atoms. The van der Waals surface area contributed by atoms with Gasteiger partial charge in [-0.05, 0) is 32.4 Å². The van der Waals surface area contributed by atoms with E-state index in [4.69, 9.17) is 15.2 Å². The monoisotopic (exact) mass is 407 g/mol. The minimum absolute atomic E-state index is 0. The van der Waals surface area contributed by atoms with Gasteiger partial charge in [0.15, 0.2) is 11.5 Å². The Morgan fingerprint density at radius 3 is 2.50 bits per heavy atom. The molecule has 0 aliphatic carbocycles. The largest absolute Gasteiger partial charge is 0.490 e. The van der Waals surface area contributed by atoms with E-state index in [9.17, 15) is 13.2 Å². The lowest BCUT2D eigenvalue weighted by Crippen LogP contribution is -2.40. The molecule has 10 heteroatoms. The first-order chi connectivity index (χ1) is 11.9. The van der Waals surface area contributed by atoms with E-state index in [2.05, 4.69) is 4.72 Å². The van der Waals surface area contributed by atoms with Gasteiger partial charge in [-0.25, -0.2) is 13.1 Å². The lowest BCUT2D eigenvalue weighted by Gasteiger charge is -2.16. The summed E-state index contributed by atoms with van der Waals surface area (Å²) in [6.45, 7) is 5.16. The fourth-order valence-corrected chi connectivity index (χ4v) is 3.55. The third-order valence-corrected chi connectivity index (χ3v) is 5.21. The van der Waals surface area contributed by atoms with Gasteiger partial charge in [-0.2, -0.15) is 0 Å². The number of hydrogen-bond donors (Lipinski definition) is 2. The summed E-state index contributed by atoms with van der Waals surface area (Å²) in [4.78, 5) is 13.7. The third-order valence-electron chi connectivity index (χ3n) is 3.82. The van der Waals surface area contributed by atoms with Gasteiger partial charge in [0.05, 0.1) is 24.7 Å². The first kappa shape index (κ1) is 22.5. The number of rotatable bonds is 8. The second kappa shape index (κ2) is 9.96. The third kappa shape index (κ3) is 5.73. The van der Waals surface area contributed by atoms with Crippen molar-refractivity contribution in [1.29, 1.82) is 0 Å².